The molecule has 1 aliphatic rings. The highest BCUT2D eigenvalue weighted by Crippen LogP contribution is 2.25. The normalized spacial score (nSPS) is 14.6. The third kappa shape index (κ3) is 3.04. The summed E-state index contributed by atoms with van der Waals surface area (Å²) in [6.07, 6.45) is 1.79. The molecule has 6 heteroatoms. The third-order valence-electron chi connectivity index (χ3n) is 4.77. The smallest absolute Gasteiger partial charge is 0.237 e. The highest BCUT2D eigenvalue weighted by atomic mass is 16.5. The van der Waals surface area contributed by atoms with E-state index in [0.717, 1.165) is 41.2 Å². The lowest BCUT2D eigenvalue weighted by Crippen LogP contribution is -2.37. The summed E-state index contributed by atoms with van der Waals surface area (Å²) in [5.74, 6) is 1.55. The van der Waals surface area contributed by atoms with Crippen LogP contribution in [0.3, 0.4) is 0 Å². The Bertz CT molecular complexity index is 1070. The van der Waals surface area contributed by atoms with E-state index in [9.17, 15) is 0 Å². The van der Waals surface area contributed by atoms with Gasteiger partial charge < -0.3 is 9.64 Å². The van der Waals surface area contributed by atoms with Gasteiger partial charge in [-0.15, -0.1) is 0 Å². The van der Waals surface area contributed by atoms with E-state index in [0.29, 0.717) is 19.2 Å². The number of morpholine rings is 1. The van der Waals surface area contributed by atoms with E-state index in [2.05, 4.69) is 28.1 Å². The van der Waals surface area contributed by atoms with Crippen molar-refractivity contribution >= 4 is 16.9 Å². The molecule has 4 aromatic rings. The number of ether oxygens (including phenoxy) is 1. The lowest BCUT2D eigenvalue weighted by atomic mass is 10.1. The minimum Gasteiger partial charge on any atom is -0.378 e. The number of aromatic nitrogens is 4. The third-order valence-corrected chi connectivity index (χ3v) is 4.77. The van der Waals surface area contributed by atoms with Crippen molar-refractivity contribution in [2.24, 2.45) is 0 Å². The second kappa shape index (κ2) is 6.81. The van der Waals surface area contributed by atoms with Gasteiger partial charge in [-0.2, -0.15) is 4.98 Å². The quantitative estimate of drug-likeness (QED) is 0.563. The molecule has 0 atom stereocenters. The molecule has 0 spiro atoms. The van der Waals surface area contributed by atoms with Gasteiger partial charge in [-0.1, -0.05) is 42.5 Å². The lowest BCUT2D eigenvalue weighted by Gasteiger charge is -2.28. The summed E-state index contributed by atoms with van der Waals surface area (Å²) in [7, 11) is 0. The summed E-state index contributed by atoms with van der Waals surface area (Å²) in [5.41, 5.74) is 3.90. The van der Waals surface area contributed by atoms with E-state index in [-0.39, 0.29) is 0 Å². The van der Waals surface area contributed by atoms with Crippen molar-refractivity contribution in [3.63, 3.8) is 0 Å². The molecule has 0 bridgehead atoms. The zero-order valence-electron chi connectivity index (χ0n) is 14.8. The van der Waals surface area contributed by atoms with Gasteiger partial charge in [0.25, 0.3) is 0 Å². The molecule has 6 nitrogen and oxygen atoms in total. The predicted molar refractivity (Wildman–Crippen MR) is 105 cm³/mol. The fraction of sp³-hybridized carbons (Fsp3) is 0.190. The zero-order chi connectivity index (χ0) is 18.1. The molecule has 1 aliphatic heterocycles. The van der Waals surface area contributed by atoms with Crippen LogP contribution in [-0.2, 0) is 4.74 Å². The van der Waals surface area contributed by atoms with Gasteiger partial charge in [-0.3, -0.25) is 4.57 Å². The second-order valence-corrected chi connectivity index (χ2v) is 6.48. The fourth-order valence-electron chi connectivity index (χ4n) is 3.36. The first-order chi connectivity index (χ1) is 13.4. The van der Waals surface area contributed by atoms with Crippen LogP contribution in [0.5, 0.6) is 0 Å². The molecule has 2 aromatic carbocycles. The van der Waals surface area contributed by atoms with E-state index in [4.69, 9.17) is 14.7 Å². The topological polar surface area (TPSA) is 56.1 Å². The van der Waals surface area contributed by atoms with Crippen LogP contribution >= 0.6 is 0 Å². The van der Waals surface area contributed by atoms with Crippen LogP contribution in [-0.4, -0.2) is 45.8 Å². The maximum absolute atomic E-state index is 5.50. The summed E-state index contributed by atoms with van der Waals surface area (Å²) < 4.78 is 7.45. The van der Waals surface area contributed by atoms with E-state index in [1.54, 1.807) is 6.33 Å². The van der Waals surface area contributed by atoms with Crippen molar-refractivity contribution in [1.82, 2.24) is 19.5 Å². The van der Waals surface area contributed by atoms with Gasteiger partial charge in [0.15, 0.2) is 0 Å². The SMILES string of the molecule is c1ccc(-c2cc(N3CCOCC3)nc(-n3cnc4ccccc43)n2)cc1. The Morgan fingerprint density at radius 3 is 2.48 bits per heavy atom. The highest BCUT2D eigenvalue weighted by Gasteiger charge is 2.17. The summed E-state index contributed by atoms with van der Waals surface area (Å²) in [4.78, 5) is 16.4. The molecular formula is C21H19N5O. The van der Waals surface area contributed by atoms with E-state index in [1.165, 1.54) is 0 Å². The number of rotatable bonds is 3. The van der Waals surface area contributed by atoms with Gasteiger partial charge in [-0.05, 0) is 12.1 Å². The number of para-hydroxylation sites is 2. The van der Waals surface area contributed by atoms with Crippen molar-refractivity contribution in [3.8, 4) is 17.2 Å². The summed E-state index contributed by atoms with van der Waals surface area (Å²) in [5, 5.41) is 0. The Balaban J connectivity index is 1.68. The highest BCUT2D eigenvalue weighted by molar-refractivity contribution is 5.77. The van der Waals surface area contributed by atoms with Crippen LogP contribution in [0.15, 0.2) is 67.0 Å². The maximum atomic E-state index is 5.50. The number of fused-ring (bicyclic) bond motifs is 1. The molecular weight excluding hydrogens is 338 g/mol. The Labute approximate surface area is 157 Å². The largest absolute Gasteiger partial charge is 0.378 e. The Morgan fingerprint density at radius 2 is 1.63 bits per heavy atom. The molecule has 2 aromatic heterocycles. The summed E-state index contributed by atoms with van der Waals surface area (Å²) in [6, 6.07) is 20.3. The Hall–Kier alpha value is -3.25. The minimum absolute atomic E-state index is 0.631. The number of anilines is 1. The van der Waals surface area contributed by atoms with Gasteiger partial charge in [0, 0.05) is 24.7 Å². The number of hydrogen-bond donors (Lipinski definition) is 0. The van der Waals surface area contributed by atoms with Gasteiger partial charge >= 0.3 is 0 Å². The number of hydrogen-bond acceptors (Lipinski definition) is 5. The molecule has 134 valence electrons. The predicted octanol–water partition coefficient (Wildman–Crippen LogP) is 3.32. The van der Waals surface area contributed by atoms with Crippen LogP contribution in [0.1, 0.15) is 0 Å². The average molecular weight is 357 g/mol. The molecule has 3 heterocycles. The molecule has 27 heavy (non-hydrogen) atoms. The average Bonchev–Trinajstić information content (AvgIpc) is 3.19. The number of imidazole rings is 1. The monoisotopic (exact) mass is 357 g/mol. The van der Waals surface area contributed by atoms with Crippen LogP contribution in [0.25, 0.3) is 28.2 Å². The summed E-state index contributed by atoms with van der Waals surface area (Å²) >= 11 is 0. The van der Waals surface area contributed by atoms with Gasteiger partial charge in [0.1, 0.15) is 12.1 Å². The standard InChI is InChI=1S/C21H19N5O/c1-2-6-16(7-3-1)18-14-20(25-10-12-27-13-11-25)24-21(23-18)26-15-22-17-8-4-5-9-19(17)26/h1-9,14-15H,10-13H2. The first kappa shape index (κ1) is 16.0. The molecule has 0 saturated carbocycles. The molecule has 0 amide bonds. The van der Waals surface area contributed by atoms with Crippen molar-refractivity contribution in [3.05, 3.63) is 67.0 Å². The van der Waals surface area contributed by atoms with Crippen LogP contribution in [0.2, 0.25) is 0 Å². The van der Waals surface area contributed by atoms with E-state index in [1.807, 2.05) is 47.0 Å². The second-order valence-electron chi connectivity index (χ2n) is 6.48. The van der Waals surface area contributed by atoms with Crippen molar-refractivity contribution in [2.45, 2.75) is 0 Å². The van der Waals surface area contributed by atoms with Crippen LogP contribution < -0.4 is 4.90 Å². The molecule has 1 saturated heterocycles. The molecule has 5 rings (SSSR count). The van der Waals surface area contributed by atoms with Crippen LogP contribution in [0, 0.1) is 0 Å². The zero-order valence-corrected chi connectivity index (χ0v) is 14.8. The molecule has 1 fully saturated rings. The van der Waals surface area contributed by atoms with Crippen LogP contribution in [0.4, 0.5) is 5.82 Å². The first-order valence-corrected chi connectivity index (χ1v) is 9.08. The van der Waals surface area contributed by atoms with Gasteiger partial charge in [-0.25, -0.2) is 9.97 Å². The Morgan fingerprint density at radius 1 is 0.852 bits per heavy atom. The minimum atomic E-state index is 0.631. The van der Waals surface area contributed by atoms with E-state index < -0.39 is 0 Å². The van der Waals surface area contributed by atoms with Crippen molar-refractivity contribution < 1.29 is 4.74 Å². The maximum Gasteiger partial charge on any atom is 0.237 e. The molecule has 0 radical (unpaired) electrons. The molecule has 0 unspecified atom stereocenters. The first-order valence-electron chi connectivity index (χ1n) is 9.08. The molecule has 0 aliphatic carbocycles. The van der Waals surface area contributed by atoms with E-state index >= 15 is 0 Å². The summed E-state index contributed by atoms with van der Waals surface area (Å²) in [6.45, 7) is 3.09. The Kier molecular flexibility index (Phi) is 4.03. The van der Waals surface area contributed by atoms with Gasteiger partial charge in [0.05, 0.1) is 29.9 Å². The van der Waals surface area contributed by atoms with Gasteiger partial charge in [0.2, 0.25) is 5.95 Å². The number of benzene rings is 2. The number of nitrogens with zero attached hydrogens (tertiary/aromatic N) is 5. The molecule has 0 N–H and O–H groups in total. The lowest BCUT2D eigenvalue weighted by molar-refractivity contribution is 0.122. The van der Waals surface area contributed by atoms with Crippen molar-refractivity contribution in [2.75, 3.05) is 31.2 Å². The fourth-order valence-corrected chi connectivity index (χ4v) is 3.36. The van der Waals surface area contributed by atoms with Crippen molar-refractivity contribution in [1.29, 1.82) is 0 Å².